The predicted octanol–water partition coefficient (Wildman–Crippen LogP) is 3.43. The predicted molar refractivity (Wildman–Crippen MR) is 122 cm³/mol. The van der Waals surface area contributed by atoms with Crippen LogP contribution in [0.2, 0.25) is 0 Å². The summed E-state index contributed by atoms with van der Waals surface area (Å²) in [4.78, 5) is 12.3. The summed E-state index contributed by atoms with van der Waals surface area (Å²) in [6, 6.07) is 20.4. The lowest BCUT2D eigenvalue weighted by molar-refractivity contribution is 0.0955. The van der Waals surface area contributed by atoms with Crippen LogP contribution in [-0.2, 0) is 16.6 Å². The number of amides is 1. The van der Waals surface area contributed by atoms with E-state index in [-0.39, 0.29) is 12.3 Å². The van der Waals surface area contributed by atoms with Gasteiger partial charge in [-0.3, -0.25) is 9.10 Å². The Labute approximate surface area is 181 Å². The number of anilines is 1. The molecule has 2 N–H and O–H groups in total. The average Bonchev–Trinajstić information content (AvgIpc) is 2.74. The van der Waals surface area contributed by atoms with E-state index in [1.807, 2.05) is 31.2 Å². The van der Waals surface area contributed by atoms with Gasteiger partial charge in [0.2, 0.25) is 10.0 Å². The van der Waals surface area contributed by atoms with Crippen LogP contribution in [0.1, 0.15) is 27.0 Å². The zero-order valence-electron chi connectivity index (χ0n) is 17.2. The Morgan fingerprint density at radius 3 is 2.32 bits per heavy atom. The van der Waals surface area contributed by atoms with Gasteiger partial charge in [-0.25, -0.2) is 13.8 Å². The summed E-state index contributed by atoms with van der Waals surface area (Å²) in [5.41, 5.74) is 5.53. The van der Waals surface area contributed by atoms with Crippen molar-refractivity contribution in [3.05, 3.63) is 95.1 Å². The summed E-state index contributed by atoms with van der Waals surface area (Å²) in [7, 11) is -3.53. The molecule has 3 aromatic rings. The van der Waals surface area contributed by atoms with Crippen molar-refractivity contribution in [1.82, 2.24) is 5.43 Å². The topological polar surface area (TPSA) is 99.1 Å². The highest BCUT2D eigenvalue weighted by molar-refractivity contribution is 7.92. The quantitative estimate of drug-likeness (QED) is 0.437. The van der Waals surface area contributed by atoms with Crippen LogP contribution in [0.3, 0.4) is 0 Å². The second kappa shape index (κ2) is 9.44. The molecule has 0 unspecified atom stereocenters. The molecule has 0 saturated heterocycles. The van der Waals surface area contributed by atoms with Crippen molar-refractivity contribution >= 4 is 27.8 Å². The van der Waals surface area contributed by atoms with Crippen LogP contribution in [-0.4, -0.2) is 31.9 Å². The number of phenolic OH excluding ortho intramolecular Hbond substituents is 1. The summed E-state index contributed by atoms with van der Waals surface area (Å²) in [5, 5.41) is 13.6. The molecule has 0 radical (unpaired) electrons. The van der Waals surface area contributed by atoms with Crippen molar-refractivity contribution in [2.45, 2.75) is 13.5 Å². The van der Waals surface area contributed by atoms with Crippen molar-refractivity contribution in [1.29, 1.82) is 0 Å². The van der Waals surface area contributed by atoms with Crippen molar-refractivity contribution < 1.29 is 18.3 Å². The Morgan fingerprint density at radius 1 is 1.03 bits per heavy atom. The molecule has 0 atom stereocenters. The number of aromatic hydroxyl groups is 1. The summed E-state index contributed by atoms with van der Waals surface area (Å²) < 4.78 is 26.1. The third-order valence-corrected chi connectivity index (χ3v) is 5.84. The van der Waals surface area contributed by atoms with Gasteiger partial charge in [-0.15, -0.1) is 0 Å². The molecule has 31 heavy (non-hydrogen) atoms. The molecule has 8 heteroatoms. The molecule has 3 rings (SSSR count). The molecule has 0 aliphatic carbocycles. The third kappa shape index (κ3) is 5.70. The van der Waals surface area contributed by atoms with Crippen LogP contribution in [0.4, 0.5) is 5.69 Å². The van der Waals surface area contributed by atoms with Gasteiger partial charge in [0, 0.05) is 11.1 Å². The number of phenols is 1. The van der Waals surface area contributed by atoms with Gasteiger partial charge in [-0.2, -0.15) is 5.10 Å². The lowest BCUT2D eigenvalue weighted by Crippen LogP contribution is -2.29. The molecular formula is C23H23N3O4S. The second-order valence-corrected chi connectivity index (χ2v) is 8.91. The fourth-order valence-corrected chi connectivity index (χ4v) is 3.82. The molecule has 0 aromatic heterocycles. The van der Waals surface area contributed by atoms with Gasteiger partial charge < -0.3 is 5.11 Å². The Morgan fingerprint density at radius 2 is 1.68 bits per heavy atom. The standard InChI is InChI=1S/C23H23N3O4S/c1-17-7-3-4-9-20(17)16-26(31(2,29)30)21-13-11-18(12-14-21)23(28)25-24-15-19-8-5-6-10-22(19)27/h3-15,27H,16H2,1-2H3,(H,25,28). The molecule has 0 fully saturated rings. The number of rotatable bonds is 7. The maximum atomic E-state index is 12.4. The first-order chi connectivity index (χ1) is 14.8. The van der Waals surface area contributed by atoms with E-state index in [9.17, 15) is 18.3 Å². The van der Waals surface area contributed by atoms with Crippen molar-refractivity contribution in [2.75, 3.05) is 10.6 Å². The van der Waals surface area contributed by atoms with Crippen LogP contribution in [0.15, 0.2) is 77.9 Å². The highest BCUT2D eigenvalue weighted by Crippen LogP contribution is 2.22. The van der Waals surface area contributed by atoms with Crippen LogP contribution in [0.5, 0.6) is 5.75 Å². The zero-order valence-corrected chi connectivity index (χ0v) is 18.0. The fourth-order valence-electron chi connectivity index (χ4n) is 2.94. The van der Waals surface area contributed by atoms with Crippen LogP contribution in [0.25, 0.3) is 0 Å². The van der Waals surface area contributed by atoms with E-state index < -0.39 is 15.9 Å². The Kier molecular flexibility index (Phi) is 6.71. The number of para-hydroxylation sites is 1. The number of hydrogen-bond donors (Lipinski definition) is 2. The number of carbonyl (C=O) groups excluding carboxylic acids is 1. The number of nitrogens with one attached hydrogen (secondary N) is 1. The van der Waals surface area contributed by atoms with Gasteiger partial charge in [-0.05, 0) is 54.4 Å². The van der Waals surface area contributed by atoms with E-state index in [0.29, 0.717) is 16.8 Å². The summed E-state index contributed by atoms with van der Waals surface area (Å²) in [5.74, 6) is -0.401. The molecule has 0 aliphatic rings. The van der Waals surface area contributed by atoms with Crippen LogP contribution < -0.4 is 9.73 Å². The molecule has 7 nitrogen and oxygen atoms in total. The minimum absolute atomic E-state index is 0.0550. The summed E-state index contributed by atoms with van der Waals surface area (Å²) >= 11 is 0. The molecule has 1 amide bonds. The van der Waals surface area contributed by atoms with Gasteiger partial charge in [-0.1, -0.05) is 36.4 Å². The highest BCUT2D eigenvalue weighted by Gasteiger charge is 2.19. The second-order valence-electron chi connectivity index (χ2n) is 7.00. The minimum Gasteiger partial charge on any atom is -0.507 e. The maximum Gasteiger partial charge on any atom is 0.271 e. The van der Waals surface area contributed by atoms with E-state index in [1.165, 1.54) is 28.7 Å². The van der Waals surface area contributed by atoms with Gasteiger partial charge in [0.25, 0.3) is 5.91 Å². The summed E-state index contributed by atoms with van der Waals surface area (Å²) in [6.45, 7) is 2.13. The maximum absolute atomic E-state index is 12.4. The van der Waals surface area contributed by atoms with Crippen LogP contribution >= 0.6 is 0 Å². The van der Waals surface area contributed by atoms with Gasteiger partial charge in [0.05, 0.1) is 24.7 Å². The highest BCUT2D eigenvalue weighted by atomic mass is 32.2. The fraction of sp³-hybridized carbons (Fsp3) is 0.130. The van der Waals surface area contributed by atoms with E-state index in [2.05, 4.69) is 10.5 Å². The zero-order chi connectivity index (χ0) is 22.4. The largest absolute Gasteiger partial charge is 0.507 e. The Hall–Kier alpha value is -3.65. The molecule has 3 aromatic carbocycles. The lowest BCUT2D eigenvalue weighted by atomic mass is 10.1. The first-order valence-corrected chi connectivity index (χ1v) is 11.3. The number of benzene rings is 3. The van der Waals surface area contributed by atoms with Crippen LogP contribution in [0, 0.1) is 6.92 Å². The molecule has 0 heterocycles. The number of aryl methyl sites for hydroxylation is 1. The normalized spacial score (nSPS) is 11.4. The first-order valence-electron chi connectivity index (χ1n) is 9.49. The van der Waals surface area contributed by atoms with Gasteiger partial charge >= 0.3 is 0 Å². The number of sulfonamides is 1. The smallest absolute Gasteiger partial charge is 0.271 e. The molecule has 0 aliphatic heterocycles. The molecular weight excluding hydrogens is 414 g/mol. The van der Waals surface area contributed by atoms with E-state index >= 15 is 0 Å². The average molecular weight is 438 g/mol. The Bertz CT molecular complexity index is 1210. The molecule has 0 saturated carbocycles. The van der Waals surface area contributed by atoms with E-state index in [4.69, 9.17) is 0 Å². The first kappa shape index (κ1) is 22.0. The molecule has 0 spiro atoms. The number of nitrogens with zero attached hydrogens (tertiary/aromatic N) is 2. The van der Waals surface area contributed by atoms with Gasteiger partial charge in [0.1, 0.15) is 5.75 Å². The number of carbonyl (C=O) groups is 1. The number of hydrazone groups is 1. The third-order valence-electron chi connectivity index (χ3n) is 4.70. The van der Waals surface area contributed by atoms with E-state index in [0.717, 1.165) is 17.4 Å². The van der Waals surface area contributed by atoms with E-state index in [1.54, 1.807) is 30.3 Å². The SMILES string of the molecule is Cc1ccccc1CN(c1ccc(C(=O)NN=Cc2ccccc2O)cc1)S(C)(=O)=O. The van der Waals surface area contributed by atoms with Crippen molar-refractivity contribution in [2.24, 2.45) is 5.10 Å². The van der Waals surface area contributed by atoms with Crippen molar-refractivity contribution in [3.8, 4) is 5.75 Å². The molecule has 160 valence electrons. The number of hydrogen-bond acceptors (Lipinski definition) is 5. The molecule has 0 bridgehead atoms. The lowest BCUT2D eigenvalue weighted by Gasteiger charge is -2.23. The Balaban J connectivity index is 1.74. The monoisotopic (exact) mass is 437 g/mol. The van der Waals surface area contributed by atoms with Crippen molar-refractivity contribution in [3.63, 3.8) is 0 Å². The van der Waals surface area contributed by atoms with Gasteiger partial charge in [0.15, 0.2) is 0 Å². The summed E-state index contributed by atoms with van der Waals surface area (Å²) in [6.07, 6.45) is 2.49. The minimum atomic E-state index is -3.53.